The van der Waals surface area contributed by atoms with Crippen LogP contribution in [0.1, 0.15) is 34.8 Å². The number of amides is 1. The van der Waals surface area contributed by atoms with Gasteiger partial charge in [0, 0.05) is 12.1 Å². The van der Waals surface area contributed by atoms with Crippen molar-refractivity contribution in [2.75, 3.05) is 17.5 Å². The molecule has 3 rings (SSSR count). The van der Waals surface area contributed by atoms with E-state index >= 15 is 0 Å². The summed E-state index contributed by atoms with van der Waals surface area (Å²) >= 11 is 6.04. The molecule has 5 nitrogen and oxygen atoms in total. The highest BCUT2D eigenvalue weighted by molar-refractivity contribution is 7.92. The van der Waals surface area contributed by atoms with Crippen LogP contribution < -0.4 is 4.72 Å². The summed E-state index contributed by atoms with van der Waals surface area (Å²) in [4.78, 5) is 14.8. The van der Waals surface area contributed by atoms with E-state index in [1.807, 2.05) is 35.2 Å². The normalized spacial score (nSPS) is 17.5. The Balaban J connectivity index is 1.89. The standard InChI is InChI=1S/C18H19ClN2O3S/c1-25(23,24)20-16-12-14(9-10-15(16)19)18(22)21-11-5-8-17(21)13-6-3-2-4-7-13/h2-4,6-7,9-10,12,17,20H,5,8,11H2,1H3. The molecule has 1 unspecified atom stereocenters. The Kier molecular flexibility index (Phi) is 5.01. The Labute approximate surface area is 152 Å². The zero-order valence-electron chi connectivity index (χ0n) is 13.8. The number of rotatable bonds is 4. The molecule has 25 heavy (non-hydrogen) atoms. The minimum Gasteiger partial charge on any atom is -0.332 e. The average molecular weight is 379 g/mol. The number of carbonyl (C=O) groups excluding carboxylic acids is 1. The van der Waals surface area contributed by atoms with Gasteiger partial charge in [0.25, 0.3) is 5.91 Å². The molecule has 0 spiro atoms. The maximum Gasteiger partial charge on any atom is 0.254 e. The van der Waals surface area contributed by atoms with E-state index in [1.54, 1.807) is 6.07 Å². The molecule has 0 aliphatic carbocycles. The smallest absolute Gasteiger partial charge is 0.254 e. The van der Waals surface area contributed by atoms with E-state index in [1.165, 1.54) is 12.1 Å². The van der Waals surface area contributed by atoms with Crippen LogP contribution in [-0.2, 0) is 10.0 Å². The highest BCUT2D eigenvalue weighted by Gasteiger charge is 2.30. The lowest BCUT2D eigenvalue weighted by Crippen LogP contribution is -2.30. The number of likely N-dealkylation sites (tertiary alicyclic amines) is 1. The molecular formula is C18H19ClN2O3S. The van der Waals surface area contributed by atoms with Crippen LogP contribution in [-0.4, -0.2) is 32.0 Å². The summed E-state index contributed by atoms with van der Waals surface area (Å²) in [6.07, 6.45) is 2.90. The third-order valence-corrected chi connectivity index (χ3v) is 5.13. The van der Waals surface area contributed by atoms with Gasteiger partial charge < -0.3 is 4.90 Å². The van der Waals surface area contributed by atoms with E-state index in [4.69, 9.17) is 11.6 Å². The van der Waals surface area contributed by atoms with Crippen molar-refractivity contribution in [3.05, 3.63) is 64.7 Å². The van der Waals surface area contributed by atoms with Crippen molar-refractivity contribution in [3.63, 3.8) is 0 Å². The van der Waals surface area contributed by atoms with Crippen LogP contribution in [0.2, 0.25) is 5.02 Å². The van der Waals surface area contributed by atoms with Gasteiger partial charge in [0.1, 0.15) is 0 Å². The zero-order chi connectivity index (χ0) is 18.0. The summed E-state index contributed by atoms with van der Waals surface area (Å²) in [6, 6.07) is 14.6. The molecule has 0 aromatic heterocycles. The third kappa shape index (κ3) is 4.14. The van der Waals surface area contributed by atoms with Gasteiger partial charge in [-0.25, -0.2) is 8.42 Å². The van der Waals surface area contributed by atoms with Crippen molar-refractivity contribution in [2.45, 2.75) is 18.9 Å². The van der Waals surface area contributed by atoms with Gasteiger partial charge in [-0.1, -0.05) is 41.9 Å². The molecule has 1 atom stereocenters. The Morgan fingerprint density at radius 2 is 1.92 bits per heavy atom. The molecule has 132 valence electrons. The Bertz CT molecular complexity index is 884. The van der Waals surface area contributed by atoms with Crippen LogP contribution in [0.3, 0.4) is 0 Å². The molecule has 1 N–H and O–H groups in total. The summed E-state index contributed by atoms with van der Waals surface area (Å²) in [5.74, 6) is -0.125. The van der Waals surface area contributed by atoms with Gasteiger partial charge in [-0.05, 0) is 36.6 Å². The van der Waals surface area contributed by atoms with Crippen molar-refractivity contribution in [1.82, 2.24) is 4.90 Å². The number of nitrogens with zero attached hydrogens (tertiary/aromatic N) is 1. The number of hydrogen-bond acceptors (Lipinski definition) is 3. The predicted molar refractivity (Wildman–Crippen MR) is 99.4 cm³/mol. The fourth-order valence-electron chi connectivity index (χ4n) is 3.13. The van der Waals surface area contributed by atoms with Gasteiger partial charge in [-0.3, -0.25) is 9.52 Å². The van der Waals surface area contributed by atoms with Crippen molar-refractivity contribution in [2.24, 2.45) is 0 Å². The second kappa shape index (κ2) is 7.06. The van der Waals surface area contributed by atoms with Crippen molar-refractivity contribution >= 4 is 33.2 Å². The van der Waals surface area contributed by atoms with Crippen molar-refractivity contribution in [1.29, 1.82) is 0 Å². The minimum absolute atomic E-state index is 0.0377. The molecule has 1 aliphatic heterocycles. The second-order valence-electron chi connectivity index (χ2n) is 6.14. The Hall–Kier alpha value is -2.05. The van der Waals surface area contributed by atoms with Gasteiger partial charge in [-0.15, -0.1) is 0 Å². The topological polar surface area (TPSA) is 66.5 Å². The van der Waals surface area contributed by atoms with Gasteiger partial charge in [0.05, 0.1) is 23.0 Å². The first-order valence-electron chi connectivity index (χ1n) is 7.98. The van der Waals surface area contributed by atoms with Gasteiger partial charge in [0.15, 0.2) is 0 Å². The monoisotopic (exact) mass is 378 g/mol. The SMILES string of the molecule is CS(=O)(=O)Nc1cc(C(=O)N2CCCC2c2ccccc2)ccc1Cl. The van der Waals surface area contributed by atoms with Gasteiger partial charge >= 0.3 is 0 Å². The molecule has 0 bridgehead atoms. The summed E-state index contributed by atoms with van der Waals surface area (Å²) in [5.41, 5.74) is 1.74. The van der Waals surface area contributed by atoms with Crippen LogP contribution in [0.4, 0.5) is 5.69 Å². The lowest BCUT2D eigenvalue weighted by atomic mass is 10.0. The molecule has 7 heteroatoms. The molecule has 1 amide bonds. The molecule has 1 aliphatic rings. The first kappa shape index (κ1) is 17.8. The number of anilines is 1. The highest BCUT2D eigenvalue weighted by Crippen LogP contribution is 2.34. The highest BCUT2D eigenvalue weighted by atomic mass is 35.5. The summed E-state index contributed by atoms with van der Waals surface area (Å²) < 4.78 is 25.3. The first-order chi connectivity index (χ1) is 11.8. The number of nitrogens with one attached hydrogen (secondary N) is 1. The maximum absolute atomic E-state index is 13.0. The van der Waals surface area contributed by atoms with Crippen LogP contribution >= 0.6 is 11.6 Å². The Morgan fingerprint density at radius 1 is 1.20 bits per heavy atom. The largest absolute Gasteiger partial charge is 0.332 e. The van der Waals surface area contributed by atoms with E-state index in [-0.39, 0.29) is 22.7 Å². The summed E-state index contributed by atoms with van der Waals surface area (Å²) in [7, 11) is -3.47. The molecule has 2 aromatic carbocycles. The molecule has 1 fully saturated rings. The fraction of sp³-hybridized carbons (Fsp3) is 0.278. The van der Waals surface area contributed by atoms with Crippen LogP contribution in [0, 0.1) is 0 Å². The minimum atomic E-state index is -3.47. The molecule has 0 saturated carbocycles. The van der Waals surface area contributed by atoms with Crippen LogP contribution in [0.15, 0.2) is 48.5 Å². The lowest BCUT2D eigenvalue weighted by molar-refractivity contribution is 0.0735. The molecule has 0 radical (unpaired) electrons. The molecular weight excluding hydrogens is 360 g/mol. The van der Waals surface area contributed by atoms with E-state index in [9.17, 15) is 13.2 Å². The lowest BCUT2D eigenvalue weighted by Gasteiger charge is -2.25. The molecule has 2 aromatic rings. The Morgan fingerprint density at radius 3 is 2.60 bits per heavy atom. The number of benzene rings is 2. The number of hydrogen-bond donors (Lipinski definition) is 1. The zero-order valence-corrected chi connectivity index (χ0v) is 15.3. The van der Waals surface area contributed by atoms with Crippen molar-refractivity contribution < 1.29 is 13.2 Å². The van der Waals surface area contributed by atoms with Crippen LogP contribution in [0.5, 0.6) is 0 Å². The van der Waals surface area contributed by atoms with E-state index in [0.29, 0.717) is 12.1 Å². The average Bonchev–Trinajstić information content (AvgIpc) is 3.05. The molecule has 1 saturated heterocycles. The summed E-state index contributed by atoms with van der Waals surface area (Å²) in [5, 5.41) is 0.253. The van der Waals surface area contributed by atoms with E-state index < -0.39 is 10.0 Å². The quantitative estimate of drug-likeness (QED) is 0.882. The van der Waals surface area contributed by atoms with Crippen molar-refractivity contribution in [3.8, 4) is 0 Å². The predicted octanol–water partition coefficient (Wildman–Crippen LogP) is 3.69. The molecule has 1 heterocycles. The van der Waals surface area contributed by atoms with Gasteiger partial charge in [0.2, 0.25) is 10.0 Å². The number of halogens is 1. The summed E-state index contributed by atoms with van der Waals surface area (Å²) in [6.45, 7) is 0.676. The number of sulfonamides is 1. The van der Waals surface area contributed by atoms with Gasteiger partial charge in [-0.2, -0.15) is 0 Å². The van der Waals surface area contributed by atoms with E-state index in [0.717, 1.165) is 24.7 Å². The maximum atomic E-state index is 13.0. The number of carbonyl (C=O) groups is 1. The fourth-order valence-corrected chi connectivity index (χ4v) is 3.92. The third-order valence-electron chi connectivity index (χ3n) is 4.21. The second-order valence-corrected chi connectivity index (χ2v) is 8.29. The van der Waals surface area contributed by atoms with E-state index in [2.05, 4.69) is 4.72 Å². The first-order valence-corrected chi connectivity index (χ1v) is 10.3. The van der Waals surface area contributed by atoms with Crippen LogP contribution in [0.25, 0.3) is 0 Å².